The van der Waals surface area contributed by atoms with Crippen LogP contribution in [0.25, 0.3) is 0 Å². The van der Waals surface area contributed by atoms with Gasteiger partial charge in [0, 0.05) is 24.7 Å². The second-order valence-corrected chi connectivity index (χ2v) is 11.3. The van der Waals surface area contributed by atoms with Crippen LogP contribution in [-0.2, 0) is 24.6 Å². The molecule has 1 N–H and O–H groups in total. The smallest absolute Gasteiger partial charge is 0.251 e. The minimum Gasteiger partial charge on any atom is -0.373 e. The standard InChI is InChI=1S/C17H24N2O6S2/c1-12-9-19(10-13(2)25-12)27(23,24)16-5-3-14(4-6-16)17(20)18-15-7-8-26(21,22)11-15/h3-6,12-13,15H,7-11H2,1-2H3,(H,18,20)/t12-,13-,15+/m1/s1. The number of hydrogen-bond donors (Lipinski definition) is 1. The van der Waals surface area contributed by atoms with Crippen molar-refractivity contribution < 1.29 is 26.4 Å². The summed E-state index contributed by atoms with van der Waals surface area (Å²) in [5.74, 6) is -0.390. The van der Waals surface area contributed by atoms with Gasteiger partial charge in [-0.25, -0.2) is 16.8 Å². The largest absolute Gasteiger partial charge is 0.373 e. The Bertz CT molecular complexity index is 901. The Morgan fingerprint density at radius 1 is 1.15 bits per heavy atom. The SMILES string of the molecule is C[C@@H]1CN(S(=O)(=O)c2ccc(C(=O)N[C@H]3CCS(=O)(=O)C3)cc2)C[C@@H](C)O1. The average Bonchev–Trinajstić information content (AvgIpc) is 2.92. The lowest BCUT2D eigenvalue weighted by molar-refractivity contribution is -0.0440. The van der Waals surface area contributed by atoms with Gasteiger partial charge < -0.3 is 10.1 Å². The number of rotatable bonds is 4. The Balaban J connectivity index is 1.70. The van der Waals surface area contributed by atoms with Crippen LogP contribution in [0.5, 0.6) is 0 Å². The van der Waals surface area contributed by atoms with Gasteiger partial charge in [-0.15, -0.1) is 0 Å². The van der Waals surface area contributed by atoms with E-state index in [2.05, 4.69) is 5.32 Å². The Kier molecular flexibility index (Phi) is 5.62. The third kappa shape index (κ3) is 4.68. The first-order chi connectivity index (χ1) is 12.6. The van der Waals surface area contributed by atoms with Gasteiger partial charge in [-0.1, -0.05) is 0 Å². The maximum absolute atomic E-state index is 12.8. The van der Waals surface area contributed by atoms with Crippen molar-refractivity contribution in [2.75, 3.05) is 24.6 Å². The van der Waals surface area contributed by atoms with Crippen molar-refractivity contribution in [3.63, 3.8) is 0 Å². The highest BCUT2D eigenvalue weighted by molar-refractivity contribution is 7.91. The van der Waals surface area contributed by atoms with Crippen LogP contribution in [0.2, 0.25) is 0 Å². The molecule has 0 unspecified atom stereocenters. The van der Waals surface area contributed by atoms with Gasteiger partial charge in [0.15, 0.2) is 9.84 Å². The van der Waals surface area contributed by atoms with E-state index in [1.165, 1.54) is 28.6 Å². The Morgan fingerprint density at radius 2 is 1.74 bits per heavy atom. The van der Waals surface area contributed by atoms with Gasteiger partial charge in [0.25, 0.3) is 5.91 Å². The molecular weight excluding hydrogens is 392 g/mol. The fourth-order valence-electron chi connectivity index (χ4n) is 3.43. The van der Waals surface area contributed by atoms with Crippen LogP contribution in [0.4, 0.5) is 0 Å². The highest BCUT2D eigenvalue weighted by Crippen LogP contribution is 2.21. The van der Waals surface area contributed by atoms with Crippen LogP contribution >= 0.6 is 0 Å². The number of morpholine rings is 1. The molecular formula is C17H24N2O6S2. The van der Waals surface area contributed by atoms with Crippen molar-refractivity contribution in [3.8, 4) is 0 Å². The van der Waals surface area contributed by atoms with Gasteiger partial charge in [-0.2, -0.15) is 4.31 Å². The number of ether oxygens (including phenoxy) is 1. The van der Waals surface area contributed by atoms with E-state index in [0.717, 1.165) is 0 Å². The Labute approximate surface area is 159 Å². The summed E-state index contributed by atoms with van der Waals surface area (Å²) in [6, 6.07) is 5.29. The third-order valence-corrected chi connectivity index (χ3v) is 8.32. The predicted octanol–water partition coefficient (Wildman–Crippen LogP) is 0.401. The molecule has 0 aromatic heterocycles. The summed E-state index contributed by atoms with van der Waals surface area (Å²) in [5.41, 5.74) is 0.293. The average molecular weight is 417 g/mol. The van der Waals surface area contributed by atoms with Crippen molar-refractivity contribution >= 4 is 25.8 Å². The minimum atomic E-state index is -3.67. The van der Waals surface area contributed by atoms with E-state index in [9.17, 15) is 21.6 Å². The molecule has 1 amide bonds. The summed E-state index contributed by atoms with van der Waals surface area (Å²) < 4.78 is 55.6. The zero-order valence-electron chi connectivity index (χ0n) is 15.3. The van der Waals surface area contributed by atoms with Crippen LogP contribution in [0.1, 0.15) is 30.6 Å². The van der Waals surface area contributed by atoms with E-state index in [1.807, 2.05) is 13.8 Å². The number of sulfone groups is 1. The number of nitrogens with zero attached hydrogens (tertiary/aromatic N) is 1. The summed E-state index contributed by atoms with van der Waals surface area (Å²) in [5, 5.41) is 2.69. The highest BCUT2D eigenvalue weighted by atomic mass is 32.2. The second kappa shape index (κ2) is 7.50. The number of carbonyl (C=O) groups is 1. The Hall–Kier alpha value is -1.49. The van der Waals surface area contributed by atoms with Crippen LogP contribution in [0.3, 0.4) is 0 Å². The van der Waals surface area contributed by atoms with Crippen LogP contribution in [0.15, 0.2) is 29.2 Å². The molecule has 3 rings (SSSR count). The van der Waals surface area contributed by atoms with Gasteiger partial charge in [-0.3, -0.25) is 4.79 Å². The lowest BCUT2D eigenvalue weighted by Gasteiger charge is -2.34. The molecule has 3 atom stereocenters. The number of sulfonamides is 1. The van der Waals surface area contributed by atoms with Gasteiger partial charge >= 0.3 is 0 Å². The number of nitrogens with one attached hydrogen (secondary N) is 1. The van der Waals surface area contributed by atoms with Crippen molar-refractivity contribution in [1.29, 1.82) is 0 Å². The van der Waals surface area contributed by atoms with E-state index >= 15 is 0 Å². The molecule has 1 aromatic rings. The molecule has 0 saturated carbocycles. The maximum Gasteiger partial charge on any atom is 0.251 e. The number of amides is 1. The first kappa shape index (κ1) is 20.2. The van der Waals surface area contributed by atoms with E-state index in [-0.39, 0.29) is 41.7 Å². The summed E-state index contributed by atoms with van der Waals surface area (Å²) >= 11 is 0. The quantitative estimate of drug-likeness (QED) is 0.761. The first-order valence-corrected chi connectivity index (χ1v) is 12.1. The van der Waals surface area contributed by atoms with Crippen molar-refractivity contribution in [3.05, 3.63) is 29.8 Å². The summed E-state index contributed by atoms with van der Waals surface area (Å²) in [6.07, 6.45) is 0.0287. The molecule has 1 aromatic carbocycles. The van der Waals surface area contributed by atoms with Gasteiger partial charge in [0.05, 0.1) is 28.6 Å². The summed E-state index contributed by atoms with van der Waals surface area (Å²) in [6.45, 7) is 4.22. The van der Waals surface area contributed by atoms with Gasteiger partial charge in [0.2, 0.25) is 10.0 Å². The topological polar surface area (TPSA) is 110 Å². The molecule has 150 valence electrons. The molecule has 2 fully saturated rings. The highest BCUT2D eigenvalue weighted by Gasteiger charge is 2.32. The molecule has 10 heteroatoms. The second-order valence-electron chi connectivity index (χ2n) is 7.18. The molecule has 0 spiro atoms. The molecule has 8 nitrogen and oxygen atoms in total. The van der Waals surface area contributed by atoms with Crippen molar-refractivity contribution in [1.82, 2.24) is 9.62 Å². The Morgan fingerprint density at radius 3 is 2.26 bits per heavy atom. The normalized spacial score (nSPS) is 28.7. The fourth-order valence-corrected chi connectivity index (χ4v) is 6.70. The monoisotopic (exact) mass is 416 g/mol. The lowest BCUT2D eigenvalue weighted by Crippen LogP contribution is -2.48. The van der Waals surface area contributed by atoms with Crippen molar-refractivity contribution in [2.24, 2.45) is 0 Å². The number of carbonyl (C=O) groups excluding carboxylic acids is 1. The number of hydrogen-bond acceptors (Lipinski definition) is 6. The van der Waals surface area contributed by atoms with Gasteiger partial charge in [0.1, 0.15) is 0 Å². The minimum absolute atomic E-state index is 0.0569. The van der Waals surface area contributed by atoms with E-state index in [4.69, 9.17) is 4.74 Å². The lowest BCUT2D eigenvalue weighted by atomic mass is 10.2. The van der Waals surface area contributed by atoms with Crippen LogP contribution in [0, 0.1) is 0 Å². The van der Waals surface area contributed by atoms with Gasteiger partial charge in [-0.05, 0) is 44.5 Å². The third-order valence-electron chi connectivity index (χ3n) is 4.71. The molecule has 2 aliphatic rings. The first-order valence-electron chi connectivity index (χ1n) is 8.84. The molecule has 0 aliphatic carbocycles. The maximum atomic E-state index is 12.8. The molecule has 27 heavy (non-hydrogen) atoms. The van der Waals surface area contributed by atoms with E-state index in [1.54, 1.807) is 0 Å². The van der Waals surface area contributed by atoms with Crippen LogP contribution in [-0.4, -0.2) is 69.9 Å². The van der Waals surface area contributed by atoms with Crippen LogP contribution < -0.4 is 5.32 Å². The van der Waals surface area contributed by atoms with Crippen molar-refractivity contribution in [2.45, 2.75) is 43.4 Å². The number of benzene rings is 1. The summed E-state index contributed by atoms with van der Waals surface area (Å²) in [7, 11) is -6.75. The zero-order valence-corrected chi connectivity index (χ0v) is 16.9. The fraction of sp³-hybridized carbons (Fsp3) is 0.588. The molecule has 0 radical (unpaired) electrons. The molecule has 2 aliphatic heterocycles. The van der Waals surface area contributed by atoms with E-state index < -0.39 is 31.8 Å². The van der Waals surface area contributed by atoms with E-state index in [0.29, 0.717) is 12.0 Å². The molecule has 2 heterocycles. The molecule has 0 bridgehead atoms. The predicted molar refractivity (Wildman–Crippen MR) is 99.7 cm³/mol. The zero-order chi connectivity index (χ0) is 19.8. The molecule has 2 saturated heterocycles. The summed E-state index contributed by atoms with van der Waals surface area (Å²) in [4.78, 5) is 12.4.